The van der Waals surface area contributed by atoms with E-state index in [9.17, 15) is 14.7 Å². The van der Waals surface area contributed by atoms with Crippen LogP contribution in [0.5, 0.6) is 0 Å². The normalized spacial score (nSPS) is 18.6. The summed E-state index contributed by atoms with van der Waals surface area (Å²) in [5, 5.41) is 15.4. The van der Waals surface area contributed by atoms with Crippen LogP contribution in [-0.4, -0.2) is 42.3 Å². The number of benzene rings is 1. The maximum absolute atomic E-state index is 12.1. The van der Waals surface area contributed by atoms with Gasteiger partial charge < -0.3 is 20.5 Å². The number of rotatable bonds is 7. The molecule has 1 heterocycles. The number of nitrogens with one attached hydrogen (secondary N) is 2. The monoisotopic (exact) mass is 340 g/mol. The van der Waals surface area contributed by atoms with Gasteiger partial charge in [-0.05, 0) is 37.5 Å². The van der Waals surface area contributed by atoms with E-state index in [1.807, 2.05) is 0 Å². The zero-order valence-electron chi connectivity index (χ0n) is 13.0. The lowest BCUT2D eigenvalue weighted by Crippen LogP contribution is -2.43. The van der Waals surface area contributed by atoms with Crippen molar-refractivity contribution in [3.05, 3.63) is 28.8 Å². The van der Waals surface area contributed by atoms with Gasteiger partial charge in [-0.25, -0.2) is 0 Å². The highest BCUT2D eigenvalue weighted by Gasteiger charge is 2.24. The predicted octanol–water partition coefficient (Wildman–Crippen LogP) is 2.20. The van der Waals surface area contributed by atoms with Crippen LogP contribution in [-0.2, 0) is 14.3 Å². The minimum Gasteiger partial charge on any atom is -0.480 e. The second kappa shape index (κ2) is 8.29. The van der Waals surface area contributed by atoms with Gasteiger partial charge in [0.1, 0.15) is 6.04 Å². The van der Waals surface area contributed by atoms with E-state index in [0.717, 1.165) is 18.4 Å². The van der Waals surface area contributed by atoms with E-state index >= 15 is 0 Å². The van der Waals surface area contributed by atoms with Crippen molar-refractivity contribution in [3.8, 4) is 0 Å². The Morgan fingerprint density at radius 1 is 1.48 bits per heavy atom. The fourth-order valence-corrected chi connectivity index (χ4v) is 2.63. The Balaban J connectivity index is 1.89. The highest BCUT2D eigenvalue weighted by Crippen LogP contribution is 2.23. The maximum atomic E-state index is 12.1. The predicted molar refractivity (Wildman–Crippen MR) is 87.8 cm³/mol. The first-order valence-corrected chi connectivity index (χ1v) is 7.98. The standard InChI is InChI=1S/C16H21ClN2O4/c1-10-12(17)5-2-6-13(10)19-15(20)8-14(16(21)22)18-9-11-4-3-7-23-11/h2,5-6,11,14,18H,3-4,7-9H2,1H3,(H,19,20)(H,21,22)/t11-,14-/m0/s1. The first-order chi connectivity index (χ1) is 11.0. The number of anilines is 1. The van der Waals surface area contributed by atoms with Gasteiger partial charge in [0, 0.05) is 23.9 Å². The number of hydrogen-bond donors (Lipinski definition) is 3. The van der Waals surface area contributed by atoms with E-state index in [1.54, 1.807) is 25.1 Å². The van der Waals surface area contributed by atoms with E-state index in [0.29, 0.717) is 23.9 Å². The van der Waals surface area contributed by atoms with Crippen molar-refractivity contribution in [2.75, 3.05) is 18.5 Å². The van der Waals surface area contributed by atoms with Crippen LogP contribution in [0.25, 0.3) is 0 Å². The van der Waals surface area contributed by atoms with Crippen molar-refractivity contribution in [1.82, 2.24) is 5.32 Å². The Morgan fingerprint density at radius 3 is 2.91 bits per heavy atom. The average molecular weight is 341 g/mol. The summed E-state index contributed by atoms with van der Waals surface area (Å²) in [4.78, 5) is 23.4. The quantitative estimate of drug-likeness (QED) is 0.708. The number of carboxylic acids is 1. The molecule has 0 saturated carbocycles. The number of amides is 1. The van der Waals surface area contributed by atoms with Gasteiger partial charge in [0.05, 0.1) is 12.5 Å². The smallest absolute Gasteiger partial charge is 0.321 e. The lowest BCUT2D eigenvalue weighted by atomic mass is 10.1. The number of carboxylic acid groups (broad SMARTS) is 1. The summed E-state index contributed by atoms with van der Waals surface area (Å²) in [5.74, 6) is -1.43. The highest BCUT2D eigenvalue weighted by molar-refractivity contribution is 6.31. The molecule has 1 amide bonds. The van der Waals surface area contributed by atoms with Crippen LogP contribution in [0, 0.1) is 6.92 Å². The Labute approximate surface area is 140 Å². The number of hydrogen-bond acceptors (Lipinski definition) is 4. The summed E-state index contributed by atoms with van der Waals surface area (Å²) in [6, 6.07) is 4.25. The number of carbonyl (C=O) groups is 2. The Kier molecular flexibility index (Phi) is 6.38. The van der Waals surface area contributed by atoms with Gasteiger partial charge in [0.25, 0.3) is 0 Å². The summed E-state index contributed by atoms with van der Waals surface area (Å²) in [5.41, 5.74) is 1.34. The minimum absolute atomic E-state index is 0.0232. The maximum Gasteiger partial charge on any atom is 0.321 e. The Morgan fingerprint density at radius 2 is 2.26 bits per heavy atom. The van der Waals surface area contributed by atoms with Crippen molar-refractivity contribution in [1.29, 1.82) is 0 Å². The first kappa shape index (κ1) is 17.7. The summed E-state index contributed by atoms with van der Waals surface area (Å²) in [7, 11) is 0. The van der Waals surface area contributed by atoms with Crippen molar-refractivity contribution >= 4 is 29.2 Å². The van der Waals surface area contributed by atoms with E-state index < -0.39 is 12.0 Å². The third-order valence-corrected chi connectivity index (χ3v) is 4.25. The van der Waals surface area contributed by atoms with Gasteiger partial charge >= 0.3 is 5.97 Å². The van der Waals surface area contributed by atoms with Crippen LogP contribution >= 0.6 is 11.6 Å². The molecule has 0 aliphatic carbocycles. The first-order valence-electron chi connectivity index (χ1n) is 7.60. The van der Waals surface area contributed by atoms with E-state index in [4.69, 9.17) is 16.3 Å². The molecule has 2 rings (SSSR count). The van der Waals surface area contributed by atoms with E-state index in [-0.39, 0.29) is 18.4 Å². The molecule has 2 atom stereocenters. The molecule has 1 aliphatic heterocycles. The van der Waals surface area contributed by atoms with Gasteiger partial charge in [-0.3, -0.25) is 9.59 Å². The van der Waals surface area contributed by atoms with Gasteiger partial charge in [-0.2, -0.15) is 0 Å². The van der Waals surface area contributed by atoms with E-state index in [2.05, 4.69) is 10.6 Å². The third kappa shape index (κ3) is 5.20. The molecule has 126 valence electrons. The summed E-state index contributed by atoms with van der Waals surface area (Å²) in [6.07, 6.45) is 1.76. The number of carbonyl (C=O) groups excluding carboxylic acids is 1. The molecule has 23 heavy (non-hydrogen) atoms. The molecule has 3 N–H and O–H groups in total. The molecule has 0 aromatic heterocycles. The largest absolute Gasteiger partial charge is 0.480 e. The highest BCUT2D eigenvalue weighted by atomic mass is 35.5. The van der Waals surface area contributed by atoms with Gasteiger partial charge in [0.15, 0.2) is 0 Å². The molecule has 1 aromatic rings. The van der Waals surface area contributed by atoms with Crippen LogP contribution in [0.3, 0.4) is 0 Å². The fourth-order valence-electron chi connectivity index (χ4n) is 2.46. The SMILES string of the molecule is Cc1c(Cl)cccc1NC(=O)C[C@H](NC[C@@H]1CCCO1)C(=O)O. The van der Waals surface area contributed by atoms with Gasteiger partial charge in [-0.15, -0.1) is 0 Å². The van der Waals surface area contributed by atoms with Crippen molar-refractivity contribution in [2.45, 2.75) is 38.3 Å². The molecule has 7 heteroatoms. The third-order valence-electron chi connectivity index (χ3n) is 3.85. The summed E-state index contributed by atoms with van der Waals surface area (Å²) < 4.78 is 5.44. The summed E-state index contributed by atoms with van der Waals surface area (Å²) >= 11 is 6.00. The molecule has 1 fully saturated rings. The van der Waals surface area contributed by atoms with Crippen LogP contribution in [0.2, 0.25) is 5.02 Å². The number of halogens is 1. The molecule has 0 radical (unpaired) electrons. The summed E-state index contributed by atoms with van der Waals surface area (Å²) in [6.45, 7) is 2.93. The molecule has 0 spiro atoms. The zero-order chi connectivity index (χ0) is 16.8. The van der Waals surface area contributed by atoms with Crippen LogP contribution < -0.4 is 10.6 Å². The average Bonchev–Trinajstić information content (AvgIpc) is 3.01. The molecule has 1 saturated heterocycles. The molecular weight excluding hydrogens is 320 g/mol. The number of ether oxygens (including phenoxy) is 1. The Hall–Kier alpha value is -1.63. The van der Waals surface area contributed by atoms with Crippen LogP contribution in [0.1, 0.15) is 24.8 Å². The van der Waals surface area contributed by atoms with Crippen LogP contribution in [0.15, 0.2) is 18.2 Å². The molecule has 0 bridgehead atoms. The lowest BCUT2D eigenvalue weighted by molar-refractivity contribution is -0.141. The molecule has 0 unspecified atom stereocenters. The molecular formula is C16H21ClN2O4. The molecule has 6 nitrogen and oxygen atoms in total. The Bertz CT molecular complexity index is 573. The van der Waals surface area contributed by atoms with Gasteiger partial charge in [-0.1, -0.05) is 17.7 Å². The van der Waals surface area contributed by atoms with Crippen LogP contribution in [0.4, 0.5) is 5.69 Å². The zero-order valence-corrected chi connectivity index (χ0v) is 13.7. The second-order valence-electron chi connectivity index (χ2n) is 5.60. The van der Waals surface area contributed by atoms with Crippen molar-refractivity contribution in [3.63, 3.8) is 0 Å². The van der Waals surface area contributed by atoms with Gasteiger partial charge in [0.2, 0.25) is 5.91 Å². The second-order valence-corrected chi connectivity index (χ2v) is 6.01. The van der Waals surface area contributed by atoms with E-state index in [1.165, 1.54) is 0 Å². The molecule has 1 aromatic carbocycles. The molecule has 1 aliphatic rings. The fraction of sp³-hybridized carbons (Fsp3) is 0.500. The van der Waals surface area contributed by atoms with Crippen molar-refractivity contribution < 1.29 is 19.4 Å². The topological polar surface area (TPSA) is 87.7 Å². The minimum atomic E-state index is -1.05. The number of aliphatic carboxylic acids is 1. The lowest BCUT2D eigenvalue weighted by Gasteiger charge is -2.17. The van der Waals surface area contributed by atoms with Crippen molar-refractivity contribution in [2.24, 2.45) is 0 Å².